The van der Waals surface area contributed by atoms with Crippen molar-refractivity contribution in [2.75, 3.05) is 36.4 Å². The number of carbonyl (C=O) groups is 1. The van der Waals surface area contributed by atoms with Crippen molar-refractivity contribution in [1.82, 2.24) is 29.9 Å². The van der Waals surface area contributed by atoms with Gasteiger partial charge in [-0.3, -0.25) is 10.00 Å². The minimum Gasteiger partial charge on any atom is -0.352 e. The number of aromatic nitrogens is 5. The molecule has 3 aromatic rings. The maximum Gasteiger partial charge on any atom is 0.323 e. The second-order valence-electron chi connectivity index (χ2n) is 5.52. The summed E-state index contributed by atoms with van der Waals surface area (Å²) in [6, 6.07) is 1.89. The van der Waals surface area contributed by atoms with Crippen molar-refractivity contribution < 1.29 is 4.79 Å². The molecule has 0 saturated carbocycles. The number of carbonyl (C=O) groups excluding carboxylic acids is 1. The Morgan fingerprint density at radius 2 is 2.08 bits per heavy atom. The van der Waals surface area contributed by atoms with Crippen molar-refractivity contribution in [3.05, 3.63) is 24.0 Å². The van der Waals surface area contributed by atoms with Crippen LogP contribution in [-0.2, 0) is 7.05 Å². The first-order valence-corrected chi connectivity index (χ1v) is 8.44. The number of anilines is 2. The second kappa shape index (κ2) is 6.04. The van der Waals surface area contributed by atoms with Gasteiger partial charge in [0.15, 0.2) is 5.82 Å². The number of nitrogens with zero attached hydrogens (tertiary/aromatic N) is 7. The van der Waals surface area contributed by atoms with E-state index in [4.69, 9.17) is 0 Å². The van der Waals surface area contributed by atoms with E-state index in [-0.39, 0.29) is 6.03 Å². The number of urea groups is 1. The molecule has 9 nitrogen and oxygen atoms in total. The Kier molecular flexibility index (Phi) is 3.73. The van der Waals surface area contributed by atoms with Gasteiger partial charge in [0.05, 0.1) is 11.6 Å². The number of fused-ring (bicyclic) bond motifs is 1. The molecule has 0 bridgehead atoms. The lowest BCUT2D eigenvalue weighted by Gasteiger charge is -2.35. The zero-order valence-electron chi connectivity index (χ0n) is 13.1. The van der Waals surface area contributed by atoms with E-state index in [9.17, 15) is 4.79 Å². The summed E-state index contributed by atoms with van der Waals surface area (Å²) in [5.74, 6) is 1.40. The number of thiophene rings is 1. The summed E-state index contributed by atoms with van der Waals surface area (Å²) in [5.41, 5.74) is 0. The van der Waals surface area contributed by atoms with Crippen molar-refractivity contribution in [3.8, 4) is 0 Å². The highest BCUT2D eigenvalue weighted by molar-refractivity contribution is 7.16. The van der Waals surface area contributed by atoms with Crippen LogP contribution in [0, 0.1) is 0 Å². The van der Waals surface area contributed by atoms with E-state index in [1.165, 1.54) is 0 Å². The minimum absolute atomic E-state index is 0.154. The fourth-order valence-corrected chi connectivity index (χ4v) is 3.47. The highest BCUT2D eigenvalue weighted by Crippen LogP contribution is 2.27. The van der Waals surface area contributed by atoms with E-state index in [1.807, 2.05) is 11.4 Å². The molecule has 1 saturated heterocycles. The van der Waals surface area contributed by atoms with E-state index >= 15 is 0 Å². The number of hydrogen-bond acceptors (Lipinski definition) is 7. The molecule has 0 unspecified atom stereocenters. The molecule has 1 fully saturated rings. The summed E-state index contributed by atoms with van der Waals surface area (Å²) < 4.78 is 1.55. The average Bonchev–Trinajstić information content (AvgIpc) is 3.23. The molecule has 10 heteroatoms. The lowest BCUT2D eigenvalue weighted by Crippen LogP contribution is -2.50. The molecule has 0 atom stereocenters. The standard InChI is InChI=1S/C14H16N8OS/c1-20-8-11(18-19-20)17-14(23)22-5-3-21(4-6-22)12-10-2-7-24-13(10)16-9-15-12/h2,7-9H,3-6H2,1H3,(H,17,23). The molecule has 1 N–H and O–H groups in total. The zero-order chi connectivity index (χ0) is 16.5. The van der Waals surface area contributed by atoms with Gasteiger partial charge in [0.1, 0.15) is 17.0 Å². The van der Waals surface area contributed by atoms with Gasteiger partial charge in [-0.25, -0.2) is 14.8 Å². The van der Waals surface area contributed by atoms with Gasteiger partial charge < -0.3 is 9.80 Å². The molecule has 24 heavy (non-hydrogen) atoms. The SMILES string of the molecule is Cn1cc(NC(=O)N2CCN(c3ncnc4sccc34)CC2)nn1. The Bertz CT molecular complexity index is 866. The molecule has 124 valence electrons. The summed E-state index contributed by atoms with van der Waals surface area (Å²) in [5, 5.41) is 13.5. The molecule has 2 amide bonds. The molecular formula is C14H16N8OS. The van der Waals surface area contributed by atoms with Crippen molar-refractivity contribution in [2.24, 2.45) is 7.05 Å². The van der Waals surface area contributed by atoms with Crippen LogP contribution >= 0.6 is 11.3 Å². The monoisotopic (exact) mass is 344 g/mol. The summed E-state index contributed by atoms with van der Waals surface area (Å²) in [4.78, 5) is 26.0. The van der Waals surface area contributed by atoms with Crippen LogP contribution in [0.4, 0.5) is 16.4 Å². The fourth-order valence-electron chi connectivity index (χ4n) is 2.74. The maximum absolute atomic E-state index is 12.3. The molecule has 4 rings (SSSR count). The number of rotatable bonds is 2. The van der Waals surface area contributed by atoms with E-state index < -0.39 is 0 Å². The number of hydrogen-bond donors (Lipinski definition) is 1. The Morgan fingerprint density at radius 3 is 2.83 bits per heavy atom. The van der Waals surface area contributed by atoms with Crippen LogP contribution in [0.1, 0.15) is 0 Å². The van der Waals surface area contributed by atoms with Gasteiger partial charge in [0.25, 0.3) is 0 Å². The molecule has 1 aliphatic heterocycles. The third kappa shape index (κ3) is 2.75. The predicted molar refractivity (Wildman–Crippen MR) is 91.2 cm³/mol. The molecule has 0 spiro atoms. The summed E-state index contributed by atoms with van der Waals surface area (Å²) >= 11 is 1.61. The quantitative estimate of drug-likeness (QED) is 0.750. The van der Waals surface area contributed by atoms with Crippen LogP contribution in [0.15, 0.2) is 24.0 Å². The van der Waals surface area contributed by atoms with E-state index in [0.717, 1.165) is 29.1 Å². The first-order valence-electron chi connectivity index (χ1n) is 7.56. The fraction of sp³-hybridized carbons (Fsp3) is 0.357. The Hall–Kier alpha value is -2.75. The smallest absolute Gasteiger partial charge is 0.323 e. The van der Waals surface area contributed by atoms with Gasteiger partial charge in [-0.05, 0) is 11.4 Å². The van der Waals surface area contributed by atoms with E-state index in [0.29, 0.717) is 18.9 Å². The molecule has 3 aromatic heterocycles. The van der Waals surface area contributed by atoms with Crippen LogP contribution in [0.3, 0.4) is 0 Å². The maximum atomic E-state index is 12.3. The van der Waals surface area contributed by atoms with E-state index in [1.54, 1.807) is 40.5 Å². The van der Waals surface area contributed by atoms with Gasteiger partial charge in [0.2, 0.25) is 0 Å². The molecule has 1 aliphatic rings. The van der Waals surface area contributed by atoms with Crippen LogP contribution in [0.25, 0.3) is 10.2 Å². The Labute approximate surface area is 141 Å². The van der Waals surface area contributed by atoms with Crippen LogP contribution in [0.2, 0.25) is 0 Å². The lowest BCUT2D eigenvalue weighted by atomic mass is 10.3. The molecule has 0 aliphatic carbocycles. The highest BCUT2D eigenvalue weighted by atomic mass is 32.1. The normalized spacial score (nSPS) is 15.0. The highest BCUT2D eigenvalue weighted by Gasteiger charge is 2.23. The first-order chi connectivity index (χ1) is 11.7. The van der Waals surface area contributed by atoms with Crippen LogP contribution < -0.4 is 10.2 Å². The zero-order valence-corrected chi connectivity index (χ0v) is 13.9. The van der Waals surface area contributed by atoms with Gasteiger partial charge in [-0.1, -0.05) is 5.21 Å². The second-order valence-corrected chi connectivity index (χ2v) is 6.41. The molecular weight excluding hydrogens is 328 g/mol. The molecule has 0 aromatic carbocycles. The van der Waals surface area contributed by atoms with Gasteiger partial charge in [0, 0.05) is 33.2 Å². The number of piperazine rings is 1. The van der Waals surface area contributed by atoms with Gasteiger partial charge >= 0.3 is 6.03 Å². The van der Waals surface area contributed by atoms with E-state index in [2.05, 4.69) is 30.5 Å². The summed E-state index contributed by atoms with van der Waals surface area (Å²) in [6.45, 7) is 2.72. The van der Waals surface area contributed by atoms with Crippen LogP contribution in [-0.4, -0.2) is 62.1 Å². The van der Waals surface area contributed by atoms with Crippen LogP contribution in [0.5, 0.6) is 0 Å². The Morgan fingerprint density at radius 1 is 1.25 bits per heavy atom. The predicted octanol–water partition coefficient (Wildman–Crippen LogP) is 1.17. The number of aryl methyl sites for hydroxylation is 1. The summed E-state index contributed by atoms with van der Waals surface area (Å²) in [7, 11) is 1.76. The van der Waals surface area contributed by atoms with Crippen molar-refractivity contribution in [2.45, 2.75) is 0 Å². The third-order valence-electron chi connectivity index (χ3n) is 3.94. The average molecular weight is 344 g/mol. The third-order valence-corrected chi connectivity index (χ3v) is 4.77. The van der Waals surface area contributed by atoms with Crippen molar-refractivity contribution in [3.63, 3.8) is 0 Å². The Balaban J connectivity index is 1.41. The van der Waals surface area contributed by atoms with Crippen molar-refractivity contribution >= 4 is 39.2 Å². The molecule has 0 radical (unpaired) electrons. The number of nitrogens with one attached hydrogen (secondary N) is 1. The van der Waals surface area contributed by atoms with Gasteiger partial charge in [-0.2, -0.15) is 0 Å². The topological polar surface area (TPSA) is 92.1 Å². The largest absolute Gasteiger partial charge is 0.352 e. The summed E-state index contributed by atoms with van der Waals surface area (Å²) in [6.07, 6.45) is 3.27. The first kappa shape index (κ1) is 14.8. The lowest BCUT2D eigenvalue weighted by molar-refractivity contribution is 0.208. The molecule has 4 heterocycles. The van der Waals surface area contributed by atoms with Crippen molar-refractivity contribution in [1.29, 1.82) is 0 Å². The minimum atomic E-state index is -0.154. The number of amides is 2. The van der Waals surface area contributed by atoms with Gasteiger partial charge in [-0.15, -0.1) is 16.4 Å².